The standard InChI is InChI=1S/C14H28N2O2/c1-11(10-17)15-13(18)9-16-7-5-6-12(8-16)14(2,3)4/h11-12,17H,5-10H2,1-4H3,(H,15,18)/t11-,12-/m1/s1. The third-order valence-corrected chi connectivity index (χ3v) is 3.78. The van der Waals surface area contributed by atoms with E-state index in [0.29, 0.717) is 17.9 Å². The van der Waals surface area contributed by atoms with Crippen LogP contribution in [0.15, 0.2) is 0 Å². The number of rotatable bonds is 4. The van der Waals surface area contributed by atoms with E-state index in [4.69, 9.17) is 5.11 Å². The fourth-order valence-corrected chi connectivity index (χ4v) is 2.48. The lowest BCUT2D eigenvalue weighted by molar-refractivity contribution is -0.123. The predicted molar refractivity (Wildman–Crippen MR) is 73.3 cm³/mol. The van der Waals surface area contributed by atoms with E-state index in [2.05, 4.69) is 31.0 Å². The molecule has 0 aromatic carbocycles. The Morgan fingerprint density at radius 2 is 2.17 bits per heavy atom. The van der Waals surface area contributed by atoms with E-state index in [-0.39, 0.29) is 18.6 Å². The van der Waals surface area contributed by atoms with E-state index in [9.17, 15) is 4.79 Å². The Morgan fingerprint density at radius 3 is 2.72 bits per heavy atom. The summed E-state index contributed by atoms with van der Waals surface area (Å²) in [6.45, 7) is 11.1. The van der Waals surface area contributed by atoms with Crippen molar-refractivity contribution in [2.24, 2.45) is 11.3 Å². The lowest BCUT2D eigenvalue weighted by Gasteiger charge is -2.39. The highest BCUT2D eigenvalue weighted by molar-refractivity contribution is 5.78. The zero-order valence-electron chi connectivity index (χ0n) is 12.2. The summed E-state index contributed by atoms with van der Waals surface area (Å²) in [5.41, 5.74) is 0.313. The van der Waals surface area contributed by atoms with Gasteiger partial charge >= 0.3 is 0 Å². The Kier molecular flexibility index (Phi) is 5.60. The molecule has 4 heteroatoms. The first-order valence-electron chi connectivity index (χ1n) is 6.95. The van der Waals surface area contributed by atoms with Gasteiger partial charge in [0.25, 0.3) is 0 Å². The first-order chi connectivity index (χ1) is 8.32. The van der Waals surface area contributed by atoms with Gasteiger partial charge in [-0.15, -0.1) is 0 Å². The highest BCUT2D eigenvalue weighted by atomic mass is 16.3. The number of nitrogens with one attached hydrogen (secondary N) is 1. The Labute approximate surface area is 111 Å². The van der Waals surface area contributed by atoms with Crippen LogP contribution in [0.2, 0.25) is 0 Å². The molecule has 1 saturated heterocycles. The summed E-state index contributed by atoms with van der Waals surface area (Å²) in [6.07, 6.45) is 2.43. The van der Waals surface area contributed by atoms with Crippen molar-refractivity contribution >= 4 is 5.91 Å². The Hall–Kier alpha value is -0.610. The quantitative estimate of drug-likeness (QED) is 0.796. The molecule has 0 saturated carbocycles. The van der Waals surface area contributed by atoms with E-state index >= 15 is 0 Å². The van der Waals surface area contributed by atoms with Gasteiger partial charge in [0, 0.05) is 12.6 Å². The Bertz CT molecular complexity index is 273. The molecule has 2 N–H and O–H groups in total. The lowest BCUT2D eigenvalue weighted by Crippen LogP contribution is -2.47. The molecule has 1 heterocycles. The molecule has 0 aromatic rings. The first-order valence-corrected chi connectivity index (χ1v) is 6.95. The third-order valence-electron chi connectivity index (χ3n) is 3.78. The van der Waals surface area contributed by atoms with Crippen molar-refractivity contribution in [2.45, 2.75) is 46.6 Å². The minimum atomic E-state index is -0.152. The van der Waals surface area contributed by atoms with Gasteiger partial charge in [0.05, 0.1) is 13.2 Å². The minimum absolute atomic E-state index is 0.00361. The van der Waals surface area contributed by atoms with Crippen LogP contribution < -0.4 is 5.32 Å². The van der Waals surface area contributed by atoms with Crippen LogP contribution in [0.4, 0.5) is 0 Å². The summed E-state index contributed by atoms with van der Waals surface area (Å²) in [5.74, 6) is 0.681. The van der Waals surface area contributed by atoms with Gasteiger partial charge in [-0.1, -0.05) is 20.8 Å². The van der Waals surface area contributed by atoms with Gasteiger partial charge in [-0.2, -0.15) is 0 Å². The van der Waals surface area contributed by atoms with Crippen molar-refractivity contribution < 1.29 is 9.90 Å². The van der Waals surface area contributed by atoms with Crippen molar-refractivity contribution in [1.29, 1.82) is 0 Å². The molecule has 1 aliphatic heterocycles. The van der Waals surface area contributed by atoms with E-state index in [1.807, 2.05) is 6.92 Å². The second-order valence-electron chi connectivity index (χ2n) is 6.59. The predicted octanol–water partition coefficient (Wildman–Crippen LogP) is 1.24. The summed E-state index contributed by atoms with van der Waals surface area (Å²) < 4.78 is 0. The second kappa shape index (κ2) is 6.53. The highest BCUT2D eigenvalue weighted by Crippen LogP contribution is 2.32. The number of likely N-dealkylation sites (tertiary alicyclic amines) is 1. The number of hydrogen-bond acceptors (Lipinski definition) is 3. The summed E-state index contributed by atoms with van der Waals surface area (Å²) >= 11 is 0. The van der Waals surface area contributed by atoms with Crippen LogP contribution in [0.25, 0.3) is 0 Å². The maximum atomic E-state index is 11.8. The van der Waals surface area contributed by atoms with Gasteiger partial charge in [0.2, 0.25) is 5.91 Å². The molecule has 1 fully saturated rings. The zero-order chi connectivity index (χ0) is 13.8. The van der Waals surface area contributed by atoms with Crippen LogP contribution in [0.3, 0.4) is 0 Å². The Balaban J connectivity index is 2.41. The molecule has 18 heavy (non-hydrogen) atoms. The molecule has 106 valence electrons. The summed E-state index contributed by atoms with van der Waals surface area (Å²) in [5, 5.41) is 11.7. The van der Waals surface area contributed by atoms with Crippen LogP contribution in [-0.4, -0.2) is 48.2 Å². The number of hydrogen-bond donors (Lipinski definition) is 2. The molecule has 2 atom stereocenters. The normalized spacial score (nSPS) is 23.7. The van der Waals surface area contributed by atoms with Crippen LogP contribution in [0, 0.1) is 11.3 Å². The Morgan fingerprint density at radius 1 is 1.50 bits per heavy atom. The van der Waals surface area contributed by atoms with E-state index < -0.39 is 0 Å². The number of carbonyl (C=O) groups is 1. The topological polar surface area (TPSA) is 52.6 Å². The summed E-state index contributed by atoms with van der Waals surface area (Å²) in [7, 11) is 0. The van der Waals surface area contributed by atoms with Crippen LogP contribution >= 0.6 is 0 Å². The van der Waals surface area contributed by atoms with Gasteiger partial charge in [-0.25, -0.2) is 0 Å². The molecule has 1 rings (SSSR count). The largest absolute Gasteiger partial charge is 0.394 e. The smallest absolute Gasteiger partial charge is 0.234 e. The van der Waals surface area contributed by atoms with Gasteiger partial charge in [-0.05, 0) is 37.6 Å². The average Bonchev–Trinajstić information content (AvgIpc) is 2.27. The van der Waals surface area contributed by atoms with E-state index in [1.54, 1.807) is 0 Å². The van der Waals surface area contributed by atoms with Crippen molar-refractivity contribution in [3.8, 4) is 0 Å². The lowest BCUT2D eigenvalue weighted by atomic mass is 9.76. The number of carbonyl (C=O) groups excluding carboxylic acids is 1. The van der Waals surface area contributed by atoms with Gasteiger partial charge < -0.3 is 10.4 Å². The SMILES string of the molecule is C[C@H](CO)NC(=O)CN1CCC[C@@H](C(C)(C)C)C1. The molecule has 0 aromatic heterocycles. The van der Waals surface area contributed by atoms with Gasteiger partial charge in [-0.3, -0.25) is 9.69 Å². The maximum absolute atomic E-state index is 11.8. The van der Waals surface area contributed by atoms with E-state index in [1.165, 1.54) is 12.8 Å². The zero-order valence-corrected chi connectivity index (χ0v) is 12.2. The molecule has 1 amide bonds. The van der Waals surface area contributed by atoms with Crippen molar-refractivity contribution in [3.63, 3.8) is 0 Å². The molecule has 0 radical (unpaired) electrons. The van der Waals surface area contributed by atoms with Gasteiger partial charge in [0.1, 0.15) is 0 Å². The van der Waals surface area contributed by atoms with Crippen LogP contribution in [0.1, 0.15) is 40.5 Å². The summed E-state index contributed by atoms with van der Waals surface area (Å²) in [4.78, 5) is 14.0. The highest BCUT2D eigenvalue weighted by Gasteiger charge is 2.30. The molecule has 0 bridgehead atoms. The number of amides is 1. The summed E-state index contributed by atoms with van der Waals surface area (Å²) in [6, 6.07) is -0.152. The molecular weight excluding hydrogens is 228 g/mol. The number of aliphatic hydroxyl groups is 1. The number of aliphatic hydroxyl groups excluding tert-OH is 1. The molecule has 0 aliphatic carbocycles. The minimum Gasteiger partial charge on any atom is -0.394 e. The van der Waals surface area contributed by atoms with Crippen LogP contribution in [-0.2, 0) is 4.79 Å². The molecule has 0 spiro atoms. The molecule has 1 aliphatic rings. The maximum Gasteiger partial charge on any atom is 0.234 e. The number of piperidine rings is 1. The third kappa shape index (κ3) is 4.94. The van der Waals surface area contributed by atoms with Crippen molar-refractivity contribution in [2.75, 3.05) is 26.2 Å². The monoisotopic (exact) mass is 256 g/mol. The fourth-order valence-electron chi connectivity index (χ4n) is 2.48. The number of nitrogens with zero attached hydrogens (tertiary/aromatic N) is 1. The van der Waals surface area contributed by atoms with E-state index in [0.717, 1.165) is 13.1 Å². The first kappa shape index (κ1) is 15.4. The molecule has 0 unspecified atom stereocenters. The average molecular weight is 256 g/mol. The van der Waals surface area contributed by atoms with Crippen molar-refractivity contribution in [1.82, 2.24) is 10.2 Å². The fraction of sp³-hybridized carbons (Fsp3) is 0.929. The van der Waals surface area contributed by atoms with Crippen molar-refractivity contribution in [3.05, 3.63) is 0 Å². The molecule has 4 nitrogen and oxygen atoms in total. The molecular formula is C14H28N2O2. The van der Waals surface area contributed by atoms with Gasteiger partial charge in [0.15, 0.2) is 0 Å². The van der Waals surface area contributed by atoms with Crippen LogP contribution in [0.5, 0.6) is 0 Å². The second-order valence-corrected chi connectivity index (χ2v) is 6.59.